The second-order valence-electron chi connectivity index (χ2n) is 9.04. The third kappa shape index (κ3) is 8.28. The topological polar surface area (TPSA) is 96.0 Å². The minimum absolute atomic E-state index is 0.155. The third-order valence-corrected chi connectivity index (χ3v) is 6.72. The average Bonchev–Trinajstić information content (AvgIpc) is 2.81. The van der Waals surface area contributed by atoms with Crippen LogP contribution in [0.25, 0.3) is 0 Å². The fourth-order valence-electron chi connectivity index (χ4n) is 3.59. The first-order chi connectivity index (χ1) is 16.5. The first-order valence-corrected chi connectivity index (χ1v) is 13.6. The summed E-state index contributed by atoms with van der Waals surface area (Å²) in [5, 5.41) is 2.91. The number of aryl methyl sites for hydroxylation is 1. The van der Waals surface area contributed by atoms with Crippen LogP contribution in [0.3, 0.4) is 0 Å². The number of amides is 2. The lowest BCUT2D eigenvalue weighted by molar-refractivity contribution is -0.140. The Balaban J connectivity index is 2.40. The molecule has 2 aromatic rings. The van der Waals surface area contributed by atoms with E-state index in [1.165, 1.54) is 4.90 Å². The van der Waals surface area contributed by atoms with Crippen LogP contribution >= 0.6 is 0 Å². The maximum absolute atomic E-state index is 13.6. The number of ether oxygens (including phenoxy) is 1. The molecule has 192 valence electrons. The maximum Gasteiger partial charge on any atom is 0.244 e. The van der Waals surface area contributed by atoms with Gasteiger partial charge in [-0.1, -0.05) is 50.6 Å². The van der Waals surface area contributed by atoms with Gasteiger partial charge in [-0.2, -0.15) is 0 Å². The summed E-state index contributed by atoms with van der Waals surface area (Å²) in [5.74, 6) is 0.211. The highest BCUT2D eigenvalue weighted by Crippen LogP contribution is 2.21. The van der Waals surface area contributed by atoms with Gasteiger partial charge in [-0.15, -0.1) is 0 Å². The molecule has 8 nitrogen and oxygen atoms in total. The first kappa shape index (κ1) is 28.2. The summed E-state index contributed by atoms with van der Waals surface area (Å²) in [6.07, 6.45) is 1.45. The zero-order valence-corrected chi connectivity index (χ0v) is 22.3. The van der Waals surface area contributed by atoms with Gasteiger partial charge in [0.2, 0.25) is 21.8 Å². The lowest BCUT2D eigenvalue weighted by atomic mass is 10.1. The second kappa shape index (κ2) is 12.6. The van der Waals surface area contributed by atoms with Gasteiger partial charge in [-0.3, -0.25) is 13.9 Å². The van der Waals surface area contributed by atoms with Crippen LogP contribution in [0, 0.1) is 12.8 Å². The molecule has 0 bridgehead atoms. The highest BCUT2D eigenvalue weighted by atomic mass is 32.2. The molecule has 0 aliphatic heterocycles. The van der Waals surface area contributed by atoms with Gasteiger partial charge in [0.25, 0.3) is 0 Å². The van der Waals surface area contributed by atoms with Crippen molar-refractivity contribution in [2.45, 2.75) is 46.7 Å². The summed E-state index contributed by atoms with van der Waals surface area (Å²) in [7, 11) is -2.18. The van der Waals surface area contributed by atoms with Crippen LogP contribution in [-0.2, 0) is 26.2 Å². The van der Waals surface area contributed by atoms with Crippen molar-refractivity contribution in [3.05, 3.63) is 59.7 Å². The van der Waals surface area contributed by atoms with E-state index in [1.807, 2.05) is 39.8 Å². The van der Waals surface area contributed by atoms with E-state index in [1.54, 1.807) is 43.5 Å². The number of hydrogen-bond acceptors (Lipinski definition) is 5. The van der Waals surface area contributed by atoms with Crippen molar-refractivity contribution in [3.63, 3.8) is 0 Å². The van der Waals surface area contributed by atoms with Crippen molar-refractivity contribution in [2.24, 2.45) is 5.92 Å². The minimum atomic E-state index is -3.75. The van der Waals surface area contributed by atoms with E-state index < -0.39 is 28.5 Å². The molecule has 0 heterocycles. The predicted octanol–water partition coefficient (Wildman–Crippen LogP) is 3.35. The number of benzene rings is 2. The molecule has 0 fully saturated rings. The molecule has 2 amide bonds. The molecule has 1 N–H and O–H groups in total. The van der Waals surface area contributed by atoms with Crippen LogP contribution in [0.1, 0.15) is 38.3 Å². The Hall–Kier alpha value is -3.07. The molecule has 0 radical (unpaired) electrons. The quantitative estimate of drug-likeness (QED) is 0.479. The molecule has 35 heavy (non-hydrogen) atoms. The van der Waals surface area contributed by atoms with Gasteiger partial charge in [-0.25, -0.2) is 8.42 Å². The van der Waals surface area contributed by atoms with Crippen LogP contribution < -0.4 is 14.4 Å². The van der Waals surface area contributed by atoms with Crippen molar-refractivity contribution in [1.29, 1.82) is 0 Å². The maximum atomic E-state index is 13.6. The zero-order valence-electron chi connectivity index (χ0n) is 21.4. The van der Waals surface area contributed by atoms with Gasteiger partial charge >= 0.3 is 0 Å². The van der Waals surface area contributed by atoms with Gasteiger partial charge < -0.3 is 15.0 Å². The summed E-state index contributed by atoms with van der Waals surface area (Å²) >= 11 is 0. The zero-order chi connectivity index (χ0) is 26.2. The third-order valence-electron chi connectivity index (χ3n) is 5.58. The molecule has 0 unspecified atom stereocenters. The second-order valence-corrected chi connectivity index (χ2v) is 10.9. The number of hydrogen-bond donors (Lipinski definition) is 1. The number of carbonyl (C=O) groups is 2. The Morgan fingerprint density at radius 2 is 1.63 bits per heavy atom. The smallest absolute Gasteiger partial charge is 0.244 e. The molecule has 0 aliphatic carbocycles. The number of sulfonamides is 1. The molecule has 2 aromatic carbocycles. The lowest BCUT2D eigenvalue weighted by Gasteiger charge is -2.33. The van der Waals surface area contributed by atoms with E-state index in [2.05, 4.69) is 5.32 Å². The summed E-state index contributed by atoms with van der Waals surface area (Å²) in [5.41, 5.74) is 2.17. The van der Waals surface area contributed by atoms with E-state index in [-0.39, 0.29) is 18.4 Å². The van der Waals surface area contributed by atoms with Crippen molar-refractivity contribution < 1.29 is 22.7 Å². The van der Waals surface area contributed by atoms with E-state index in [4.69, 9.17) is 4.74 Å². The van der Waals surface area contributed by atoms with Crippen LogP contribution in [0.4, 0.5) is 5.69 Å². The highest BCUT2D eigenvalue weighted by Gasteiger charge is 2.31. The Kier molecular flexibility index (Phi) is 10.1. The number of anilines is 1. The number of rotatable bonds is 12. The number of carbonyl (C=O) groups excluding carboxylic acids is 2. The van der Waals surface area contributed by atoms with Gasteiger partial charge in [-0.05, 0) is 49.1 Å². The van der Waals surface area contributed by atoms with Crippen LogP contribution in [0.15, 0.2) is 48.5 Å². The summed E-state index contributed by atoms with van der Waals surface area (Å²) in [6.45, 7) is 7.95. The van der Waals surface area contributed by atoms with Gasteiger partial charge in [0.15, 0.2) is 0 Å². The number of nitrogens with zero attached hydrogens (tertiary/aromatic N) is 2. The predicted molar refractivity (Wildman–Crippen MR) is 139 cm³/mol. The van der Waals surface area contributed by atoms with E-state index in [0.717, 1.165) is 21.7 Å². The van der Waals surface area contributed by atoms with Gasteiger partial charge in [0.1, 0.15) is 18.3 Å². The van der Waals surface area contributed by atoms with E-state index in [9.17, 15) is 18.0 Å². The van der Waals surface area contributed by atoms with Crippen LogP contribution in [0.5, 0.6) is 5.75 Å². The average molecular weight is 504 g/mol. The minimum Gasteiger partial charge on any atom is -0.497 e. The van der Waals surface area contributed by atoms with Gasteiger partial charge in [0.05, 0.1) is 19.1 Å². The molecule has 0 saturated heterocycles. The van der Waals surface area contributed by atoms with E-state index in [0.29, 0.717) is 24.4 Å². The van der Waals surface area contributed by atoms with Crippen molar-refractivity contribution >= 4 is 27.5 Å². The molecule has 2 rings (SSSR count). The molecule has 0 aliphatic rings. The fraction of sp³-hybridized carbons (Fsp3) is 0.462. The largest absolute Gasteiger partial charge is 0.497 e. The van der Waals surface area contributed by atoms with Crippen LogP contribution in [-0.4, -0.2) is 57.6 Å². The van der Waals surface area contributed by atoms with Crippen molar-refractivity contribution in [1.82, 2.24) is 10.2 Å². The fourth-order valence-corrected chi connectivity index (χ4v) is 4.44. The standard InChI is InChI=1S/C26H37N3O5S/c1-7-24(26(31)27-16-19(2)3)28(17-21-10-14-23(34-5)15-11-21)25(30)18-29(35(6,32)33)22-12-8-20(4)9-13-22/h8-15,19,24H,7,16-18H2,1-6H3,(H,27,31)/t24-/m0/s1. The van der Waals surface area contributed by atoms with Crippen molar-refractivity contribution in [2.75, 3.05) is 30.8 Å². The van der Waals surface area contributed by atoms with Gasteiger partial charge in [0, 0.05) is 13.1 Å². The lowest BCUT2D eigenvalue weighted by Crippen LogP contribution is -2.52. The summed E-state index contributed by atoms with van der Waals surface area (Å²) in [6, 6.07) is 13.4. The van der Waals surface area contributed by atoms with Crippen molar-refractivity contribution in [3.8, 4) is 5.75 Å². The molecule has 1 atom stereocenters. The number of nitrogens with one attached hydrogen (secondary N) is 1. The summed E-state index contributed by atoms with van der Waals surface area (Å²) < 4.78 is 31.5. The van der Waals surface area contributed by atoms with E-state index >= 15 is 0 Å². The Labute approximate surface area is 209 Å². The van der Waals surface area contributed by atoms with Crippen LogP contribution in [0.2, 0.25) is 0 Å². The molecule has 0 spiro atoms. The Morgan fingerprint density at radius 1 is 1.03 bits per heavy atom. The molecule has 9 heteroatoms. The summed E-state index contributed by atoms with van der Waals surface area (Å²) in [4.78, 5) is 28.1. The first-order valence-electron chi connectivity index (χ1n) is 11.7. The normalized spacial score (nSPS) is 12.2. The Bertz CT molecular complexity index is 1080. The SMILES string of the molecule is CC[C@@H](C(=O)NCC(C)C)N(Cc1ccc(OC)cc1)C(=O)CN(c1ccc(C)cc1)S(C)(=O)=O. The molecule has 0 saturated carbocycles. The molecule has 0 aromatic heterocycles. The molecular weight excluding hydrogens is 466 g/mol. The highest BCUT2D eigenvalue weighted by molar-refractivity contribution is 7.92. The number of methoxy groups -OCH3 is 1. The Morgan fingerprint density at radius 3 is 2.11 bits per heavy atom. The monoisotopic (exact) mass is 503 g/mol. The molecular formula is C26H37N3O5S.